The molecular formula is C33H40N2O4. The molecule has 3 saturated heterocycles. The number of rotatable bonds is 9. The van der Waals surface area contributed by atoms with Gasteiger partial charge in [-0.2, -0.15) is 0 Å². The number of benzene rings is 2. The van der Waals surface area contributed by atoms with Crippen LogP contribution in [0.5, 0.6) is 11.5 Å². The normalized spacial score (nSPS) is 27.3. The highest BCUT2D eigenvalue weighted by Crippen LogP contribution is 2.46. The Bertz CT molecular complexity index is 1310. The maximum absolute atomic E-state index is 12.1. The van der Waals surface area contributed by atoms with E-state index in [1.165, 1.54) is 0 Å². The fourth-order valence-electron chi connectivity index (χ4n) is 7.37. The quantitative estimate of drug-likeness (QED) is 0.351. The predicted octanol–water partition coefficient (Wildman–Crippen LogP) is 5.63. The number of methoxy groups -OCH3 is 1. The van der Waals surface area contributed by atoms with Crippen molar-refractivity contribution in [2.75, 3.05) is 26.8 Å². The lowest BCUT2D eigenvalue weighted by molar-refractivity contribution is -0.0614. The molecule has 3 unspecified atom stereocenters. The van der Waals surface area contributed by atoms with Crippen molar-refractivity contribution in [1.82, 2.24) is 9.88 Å². The van der Waals surface area contributed by atoms with Crippen molar-refractivity contribution >= 4 is 10.9 Å². The molecular weight excluding hydrogens is 488 g/mol. The molecule has 6 atom stereocenters. The minimum Gasteiger partial charge on any atom is -0.497 e. The van der Waals surface area contributed by atoms with Gasteiger partial charge in [0.2, 0.25) is 0 Å². The van der Waals surface area contributed by atoms with Crippen LogP contribution in [0.3, 0.4) is 0 Å². The lowest BCUT2D eigenvalue weighted by atomic mass is 9.73. The summed E-state index contributed by atoms with van der Waals surface area (Å²) < 4.78 is 12.1. The maximum atomic E-state index is 12.1. The van der Waals surface area contributed by atoms with E-state index in [9.17, 15) is 10.2 Å². The number of fused-ring (bicyclic) bond motifs is 4. The summed E-state index contributed by atoms with van der Waals surface area (Å²) in [6.07, 6.45) is 9.27. The van der Waals surface area contributed by atoms with Crippen LogP contribution in [0.2, 0.25) is 0 Å². The van der Waals surface area contributed by atoms with E-state index in [4.69, 9.17) is 9.47 Å². The van der Waals surface area contributed by atoms with Crippen molar-refractivity contribution in [3.63, 3.8) is 0 Å². The van der Waals surface area contributed by atoms with Gasteiger partial charge >= 0.3 is 0 Å². The van der Waals surface area contributed by atoms with Crippen molar-refractivity contribution in [3.8, 4) is 11.5 Å². The summed E-state index contributed by atoms with van der Waals surface area (Å²) in [7, 11) is 1.65. The lowest BCUT2D eigenvalue weighted by Crippen LogP contribution is -2.54. The Morgan fingerprint density at radius 3 is 2.64 bits per heavy atom. The number of nitrogens with zero attached hydrogens (tertiary/aromatic N) is 2. The van der Waals surface area contributed by atoms with Crippen LogP contribution in [-0.2, 0) is 5.60 Å². The zero-order valence-electron chi connectivity index (χ0n) is 22.8. The minimum absolute atomic E-state index is 0.0121. The molecule has 3 aliphatic heterocycles. The Kier molecular flexibility index (Phi) is 7.36. The van der Waals surface area contributed by atoms with E-state index in [1.807, 2.05) is 48.5 Å². The zero-order chi connectivity index (χ0) is 27.0. The molecule has 0 spiro atoms. The monoisotopic (exact) mass is 528 g/mol. The number of pyridine rings is 1. The van der Waals surface area contributed by atoms with Crippen molar-refractivity contribution in [2.24, 2.45) is 17.8 Å². The predicted molar refractivity (Wildman–Crippen MR) is 153 cm³/mol. The Morgan fingerprint density at radius 2 is 1.95 bits per heavy atom. The number of aliphatic hydroxyl groups excluding tert-OH is 1. The van der Waals surface area contributed by atoms with E-state index in [2.05, 4.69) is 22.5 Å². The fraction of sp³-hybridized carbons (Fsp3) is 0.485. The highest BCUT2D eigenvalue weighted by Gasteiger charge is 2.44. The second-order valence-corrected chi connectivity index (χ2v) is 11.7. The first kappa shape index (κ1) is 26.3. The van der Waals surface area contributed by atoms with Crippen molar-refractivity contribution in [1.29, 1.82) is 0 Å². The van der Waals surface area contributed by atoms with E-state index >= 15 is 0 Å². The third-order valence-electron chi connectivity index (χ3n) is 9.65. The molecule has 39 heavy (non-hydrogen) atoms. The van der Waals surface area contributed by atoms with Crippen molar-refractivity contribution < 1.29 is 19.7 Å². The molecule has 1 aromatic heterocycles. The second kappa shape index (κ2) is 10.9. The zero-order valence-corrected chi connectivity index (χ0v) is 22.8. The summed E-state index contributed by atoms with van der Waals surface area (Å²) >= 11 is 0. The number of hydrogen-bond acceptors (Lipinski definition) is 6. The molecule has 0 amide bonds. The number of aromatic nitrogens is 1. The molecule has 7 rings (SSSR count). The van der Waals surface area contributed by atoms with Crippen LogP contribution in [0.4, 0.5) is 0 Å². The van der Waals surface area contributed by atoms with Crippen LogP contribution >= 0.6 is 0 Å². The molecule has 2 bridgehead atoms. The number of ether oxygens (including phenoxy) is 2. The third kappa shape index (κ3) is 4.83. The van der Waals surface area contributed by atoms with Gasteiger partial charge in [-0.3, -0.25) is 9.88 Å². The summed E-state index contributed by atoms with van der Waals surface area (Å²) in [6.45, 7) is 6.07. The number of piperidine rings is 3. The first-order valence-electron chi connectivity index (χ1n) is 14.4. The van der Waals surface area contributed by atoms with Gasteiger partial charge in [0.05, 0.1) is 24.9 Å². The average molecular weight is 529 g/mol. The number of hydrogen-bond donors (Lipinski definition) is 2. The van der Waals surface area contributed by atoms with Gasteiger partial charge in [0.15, 0.2) is 0 Å². The smallest absolute Gasteiger partial charge is 0.144 e. The van der Waals surface area contributed by atoms with Crippen LogP contribution in [0.1, 0.15) is 55.8 Å². The van der Waals surface area contributed by atoms with E-state index in [0.29, 0.717) is 23.3 Å². The van der Waals surface area contributed by atoms with Gasteiger partial charge < -0.3 is 19.7 Å². The van der Waals surface area contributed by atoms with E-state index in [1.54, 1.807) is 13.3 Å². The van der Waals surface area contributed by atoms with Crippen LogP contribution in [0.15, 0.2) is 67.4 Å². The first-order valence-corrected chi connectivity index (χ1v) is 14.4. The van der Waals surface area contributed by atoms with Crippen LogP contribution < -0.4 is 9.47 Å². The first-order chi connectivity index (χ1) is 19.0. The van der Waals surface area contributed by atoms with Crippen molar-refractivity contribution in [2.45, 2.75) is 56.3 Å². The molecule has 4 aliphatic rings. The van der Waals surface area contributed by atoms with Gasteiger partial charge in [-0.05, 0) is 73.7 Å². The molecule has 4 fully saturated rings. The van der Waals surface area contributed by atoms with Gasteiger partial charge in [0.1, 0.15) is 23.7 Å². The summed E-state index contributed by atoms with van der Waals surface area (Å²) in [4.78, 5) is 7.10. The van der Waals surface area contributed by atoms with E-state index in [-0.39, 0.29) is 18.6 Å². The maximum Gasteiger partial charge on any atom is 0.144 e. The summed E-state index contributed by atoms with van der Waals surface area (Å²) in [5, 5.41) is 25.0. The van der Waals surface area contributed by atoms with Gasteiger partial charge in [-0.15, -0.1) is 6.58 Å². The molecule has 2 aromatic carbocycles. The Balaban J connectivity index is 1.38. The third-order valence-corrected chi connectivity index (χ3v) is 9.65. The van der Waals surface area contributed by atoms with Crippen LogP contribution in [0.25, 0.3) is 10.9 Å². The fourth-order valence-corrected chi connectivity index (χ4v) is 7.37. The van der Waals surface area contributed by atoms with E-state index in [0.717, 1.165) is 73.6 Å². The highest BCUT2D eigenvalue weighted by atomic mass is 16.5. The average Bonchev–Trinajstić information content (AvgIpc) is 3.55. The standard InChI is InChI=1S/C33H40N2O4/c1-3-22-20-35-16-15-23(22)17-29(35)32(36)31-27-18-26(38-2)13-14-28(27)34-19-30(31)39-21-33(37,25-11-7-8-12-25)24-9-5-4-6-10-24/h3-6,9-10,13-14,18-19,22-23,25,29,32,36-37H,1,7-8,11-12,15-17,20-21H2,2H3/t22-,23?,29-,32-,33?/m0/s1. The molecule has 1 saturated carbocycles. The van der Waals surface area contributed by atoms with Gasteiger partial charge in [-0.1, -0.05) is 49.2 Å². The van der Waals surface area contributed by atoms with Crippen LogP contribution in [0, 0.1) is 17.8 Å². The molecule has 6 nitrogen and oxygen atoms in total. The topological polar surface area (TPSA) is 75.1 Å². The Labute approximate surface area is 231 Å². The Hall–Kier alpha value is -2.93. The molecule has 1 aliphatic carbocycles. The van der Waals surface area contributed by atoms with Gasteiger partial charge in [0, 0.05) is 23.5 Å². The van der Waals surface area contributed by atoms with Crippen LogP contribution in [-0.4, -0.2) is 52.9 Å². The molecule has 206 valence electrons. The molecule has 0 radical (unpaired) electrons. The molecule has 6 heteroatoms. The minimum atomic E-state index is -1.12. The van der Waals surface area contributed by atoms with Gasteiger partial charge in [0.25, 0.3) is 0 Å². The lowest BCUT2D eigenvalue weighted by Gasteiger charge is -2.50. The highest BCUT2D eigenvalue weighted by molar-refractivity contribution is 5.86. The van der Waals surface area contributed by atoms with Gasteiger partial charge in [-0.25, -0.2) is 0 Å². The number of aliphatic hydroxyl groups is 2. The largest absolute Gasteiger partial charge is 0.497 e. The molecule has 3 aromatic rings. The molecule has 4 heterocycles. The van der Waals surface area contributed by atoms with E-state index < -0.39 is 11.7 Å². The summed E-state index contributed by atoms with van der Waals surface area (Å²) in [5.74, 6) is 2.36. The summed E-state index contributed by atoms with van der Waals surface area (Å²) in [6, 6.07) is 15.6. The summed E-state index contributed by atoms with van der Waals surface area (Å²) in [5.41, 5.74) is 1.27. The second-order valence-electron chi connectivity index (χ2n) is 11.7. The SMILES string of the molecule is C=C[C@H]1CN2CCC1C[C@H]2[C@H](O)c1c(OCC(O)(c2ccccc2)C2CCCC2)cnc2ccc(OC)cc12. The molecule has 2 N–H and O–H groups in total. The van der Waals surface area contributed by atoms with Crippen molar-refractivity contribution in [3.05, 3.63) is 78.5 Å². The Morgan fingerprint density at radius 1 is 1.15 bits per heavy atom.